The molecule has 0 radical (unpaired) electrons. The van der Waals surface area contributed by atoms with E-state index >= 15 is 0 Å². The van der Waals surface area contributed by atoms with E-state index in [1.807, 2.05) is 77.6 Å². The number of likely N-dealkylation sites (N-methyl/N-ethyl adjacent to an activating group) is 1. The van der Waals surface area contributed by atoms with Crippen molar-refractivity contribution in [1.29, 1.82) is 0 Å². The molecule has 3 aromatic rings. The van der Waals surface area contributed by atoms with E-state index in [0.717, 1.165) is 36.1 Å². The van der Waals surface area contributed by atoms with Crippen LogP contribution in [0.2, 0.25) is 0 Å². The fourth-order valence-corrected chi connectivity index (χ4v) is 3.79. The molecule has 1 aromatic heterocycles. The van der Waals surface area contributed by atoms with E-state index < -0.39 is 0 Å². The topological polar surface area (TPSA) is 38.1 Å². The molecule has 2 aromatic carbocycles. The number of hydrogen-bond acceptors (Lipinski definition) is 2. The summed E-state index contributed by atoms with van der Waals surface area (Å²) in [6.07, 6.45) is 6.81. The van der Waals surface area contributed by atoms with Gasteiger partial charge in [-0.05, 0) is 30.5 Å². The first-order valence-electron chi connectivity index (χ1n) is 9.09. The predicted molar refractivity (Wildman–Crippen MR) is 102 cm³/mol. The third kappa shape index (κ3) is 2.92. The number of nitrogens with zero attached hydrogens (tertiary/aromatic N) is 3. The number of hydrogen-bond donors (Lipinski definition) is 0. The first-order valence-corrected chi connectivity index (χ1v) is 9.09. The molecule has 1 aliphatic rings. The fourth-order valence-electron chi connectivity index (χ4n) is 3.79. The molecule has 1 fully saturated rings. The van der Waals surface area contributed by atoms with Crippen LogP contribution in [0.1, 0.15) is 30.4 Å². The first-order chi connectivity index (χ1) is 12.7. The summed E-state index contributed by atoms with van der Waals surface area (Å²) in [5.41, 5.74) is 2.86. The predicted octanol–water partition coefficient (Wildman–Crippen LogP) is 3.95. The molecule has 26 heavy (non-hydrogen) atoms. The number of amides is 1. The number of para-hydroxylation sites is 1. The highest BCUT2D eigenvalue weighted by Gasteiger charge is 2.46. The van der Waals surface area contributed by atoms with Crippen LogP contribution in [-0.4, -0.2) is 27.6 Å². The van der Waals surface area contributed by atoms with Crippen molar-refractivity contribution in [1.82, 2.24) is 14.7 Å². The molecule has 4 heteroatoms. The maximum atomic E-state index is 13.2. The van der Waals surface area contributed by atoms with Crippen molar-refractivity contribution in [2.24, 2.45) is 0 Å². The maximum absolute atomic E-state index is 13.2. The molecule has 0 aliphatic heterocycles. The molecule has 0 atom stereocenters. The standard InChI is InChI=1S/C22H23N3O/c1-24(16-18-15-23-25(17-18)20-11-6-3-7-12-20)21(26)22(13-8-14-22)19-9-4-2-5-10-19/h2-7,9-12,15,17H,8,13-14,16H2,1H3. The Balaban J connectivity index is 1.51. The van der Waals surface area contributed by atoms with E-state index in [1.54, 1.807) is 0 Å². The Morgan fingerprint density at radius 1 is 1.08 bits per heavy atom. The number of benzene rings is 2. The van der Waals surface area contributed by atoms with Crippen LogP contribution in [0.25, 0.3) is 5.69 Å². The largest absolute Gasteiger partial charge is 0.341 e. The van der Waals surface area contributed by atoms with Gasteiger partial charge in [0.1, 0.15) is 0 Å². The summed E-state index contributed by atoms with van der Waals surface area (Å²) in [4.78, 5) is 15.1. The highest BCUT2D eigenvalue weighted by molar-refractivity contribution is 5.89. The van der Waals surface area contributed by atoms with Crippen LogP contribution in [-0.2, 0) is 16.8 Å². The summed E-state index contributed by atoms with van der Waals surface area (Å²) in [5.74, 6) is 0.211. The molecule has 0 saturated heterocycles. The van der Waals surface area contributed by atoms with Gasteiger partial charge in [-0.1, -0.05) is 55.0 Å². The molecule has 0 spiro atoms. The van der Waals surface area contributed by atoms with E-state index in [9.17, 15) is 4.79 Å². The lowest BCUT2D eigenvalue weighted by Gasteiger charge is -2.43. The minimum absolute atomic E-state index is 0.211. The van der Waals surface area contributed by atoms with Gasteiger partial charge in [0.25, 0.3) is 0 Å². The summed E-state index contributed by atoms with van der Waals surface area (Å²) in [5, 5.41) is 4.43. The van der Waals surface area contributed by atoms with Gasteiger partial charge in [-0.2, -0.15) is 5.10 Å². The number of aromatic nitrogens is 2. The van der Waals surface area contributed by atoms with Gasteiger partial charge in [0.2, 0.25) is 5.91 Å². The van der Waals surface area contributed by atoms with Crippen molar-refractivity contribution in [2.45, 2.75) is 31.2 Å². The normalized spacial score (nSPS) is 15.3. The average molecular weight is 345 g/mol. The van der Waals surface area contributed by atoms with Crippen LogP contribution in [0.15, 0.2) is 73.1 Å². The van der Waals surface area contributed by atoms with Crippen LogP contribution in [0.5, 0.6) is 0 Å². The molecule has 4 rings (SSSR count). The number of rotatable bonds is 5. The minimum atomic E-state index is -0.342. The van der Waals surface area contributed by atoms with Crippen LogP contribution < -0.4 is 0 Å². The Labute approximate surface area is 154 Å². The van der Waals surface area contributed by atoms with Gasteiger partial charge in [0.15, 0.2) is 0 Å². The third-order valence-electron chi connectivity index (χ3n) is 5.37. The highest BCUT2D eigenvalue weighted by atomic mass is 16.2. The lowest BCUT2D eigenvalue weighted by molar-refractivity contribution is -0.140. The van der Waals surface area contributed by atoms with Gasteiger partial charge in [-0.3, -0.25) is 4.79 Å². The molecule has 1 heterocycles. The molecular weight excluding hydrogens is 322 g/mol. The monoisotopic (exact) mass is 345 g/mol. The van der Waals surface area contributed by atoms with E-state index in [1.165, 1.54) is 0 Å². The average Bonchev–Trinajstić information content (AvgIpc) is 3.11. The molecule has 0 N–H and O–H groups in total. The summed E-state index contributed by atoms with van der Waals surface area (Å²) >= 11 is 0. The van der Waals surface area contributed by atoms with Crippen molar-refractivity contribution >= 4 is 5.91 Å². The number of carbonyl (C=O) groups is 1. The van der Waals surface area contributed by atoms with Crippen molar-refractivity contribution in [3.05, 3.63) is 84.2 Å². The van der Waals surface area contributed by atoms with Crippen LogP contribution in [0.3, 0.4) is 0 Å². The zero-order valence-corrected chi connectivity index (χ0v) is 15.0. The highest BCUT2D eigenvalue weighted by Crippen LogP contribution is 2.45. The molecule has 0 unspecified atom stereocenters. The van der Waals surface area contributed by atoms with E-state index in [0.29, 0.717) is 6.54 Å². The van der Waals surface area contributed by atoms with E-state index in [-0.39, 0.29) is 11.3 Å². The fraction of sp³-hybridized carbons (Fsp3) is 0.273. The zero-order chi connectivity index (χ0) is 18.0. The molecule has 1 saturated carbocycles. The summed E-state index contributed by atoms with van der Waals surface area (Å²) in [7, 11) is 1.89. The van der Waals surface area contributed by atoms with Crippen molar-refractivity contribution in [2.75, 3.05) is 7.05 Å². The van der Waals surface area contributed by atoms with Gasteiger partial charge in [0, 0.05) is 25.4 Å². The second-order valence-corrected chi connectivity index (χ2v) is 7.09. The Hall–Kier alpha value is -2.88. The van der Waals surface area contributed by atoms with Gasteiger partial charge in [-0.25, -0.2) is 4.68 Å². The molecule has 1 aliphatic carbocycles. The SMILES string of the molecule is CN(Cc1cnn(-c2ccccc2)c1)C(=O)C1(c2ccccc2)CCC1. The maximum Gasteiger partial charge on any atom is 0.233 e. The van der Waals surface area contributed by atoms with Crippen LogP contribution in [0.4, 0.5) is 0 Å². The van der Waals surface area contributed by atoms with Crippen molar-refractivity contribution in [3.8, 4) is 5.69 Å². The third-order valence-corrected chi connectivity index (χ3v) is 5.37. The second kappa shape index (κ2) is 6.79. The zero-order valence-electron chi connectivity index (χ0n) is 15.0. The summed E-state index contributed by atoms with van der Waals surface area (Å²) in [6.45, 7) is 0.570. The molecule has 132 valence electrons. The van der Waals surface area contributed by atoms with Crippen molar-refractivity contribution in [3.63, 3.8) is 0 Å². The lowest BCUT2D eigenvalue weighted by Crippen LogP contribution is -2.49. The van der Waals surface area contributed by atoms with Crippen molar-refractivity contribution < 1.29 is 4.79 Å². The quantitative estimate of drug-likeness (QED) is 0.702. The van der Waals surface area contributed by atoms with Gasteiger partial charge >= 0.3 is 0 Å². The van der Waals surface area contributed by atoms with Gasteiger partial charge in [0.05, 0.1) is 17.3 Å². The number of carbonyl (C=O) groups excluding carboxylic acids is 1. The lowest BCUT2D eigenvalue weighted by atomic mass is 9.63. The summed E-state index contributed by atoms with van der Waals surface area (Å²) in [6, 6.07) is 20.2. The Morgan fingerprint density at radius 3 is 2.35 bits per heavy atom. The second-order valence-electron chi connectivity index (χ2n) is 7.09. The Kier molecular flexibility index (Phi) is 4.33. The Morgan fingerprint density at radius 2 is 1.73 bits per heavy atom. The van der Waals surface area contributed by atoms with E-state index in [2.05, 4.69) is 17.2 Å². The minimum Gasteiger partial charge on any atom is -0.341 e. The van der Waals surface area contributed by atoms with Crippen LogP contribution in [0, 0.1) is 0 Å². The Bertz CT molecular complexity index is 882. The van der Waals surface area contributed by atoms with Gasteiger partial charge < -0.3 is 4.90 Å². The molecule has 1 amide bonds. The van der Waals surface area contributed by atoms with Gasteiger partial charge in [-0.15, -0.1) is 0 Å². The molecular formula is C22H23N3O. The van der Waals surface area contributed by atoms with Crippen LogP contribution >= 0.6 is 0 Å². The summed E-state index contributed by atoms with van der Waals surface area (Å²) < 4.78 is 1.85. The first kappa shape index (κ1) is 16.6. The van der Waals surface area contributed by atoms with E-state index in [4.69, 9.17) is 0 Å². The molecule has 4 nitrogen and oxygen atoms in total. The molecule has 0 bridgehead atoms. The smallest absolute Gasteiger partial charge is 0.233 e.